The monoisotopic (exact) mass is 321 g/mol. The average Bonchev–Trinajstić information content (AvgIpc) is 2.59. The second kappa shape index (κ2) is 8.73. The van der Waals surface area contributed by atoms with E-state index in [4.69, 9.17) is 4.74 Å². The third kappa shape index (κ3) is 5.43. The molecule has 3 nitrogen and oxygen atoms in total. The number of ether oxygens (including phenoxy) is 1. The normalized spacial score (nSPS) is 10.8. The van der Waals surface area contributed by atoms with Crippen LogP contribution in [0.5, 0.6) is 5.75 Å². The van der Waals surface area contributed by atoms with Crippen molar-refractivity contribution in [2.45, 2.75) is 19.8 Å². The van der Waals surface area contributed by atoms with E-state index in [1.807, 2.05) is 48.5 Å². The van der Waals surface area contributed by atoms with Gasteiger partial charge in [0, 0.05) is 11.8 Å². The summed E-state index contributed by atoms with van der Waals surface area (Å²) in [4.78, 5) is 12.0. The number of carbonyl (C=O) groups is 1. The molecule has 2 rings (SSSR count). The molecule has 0 fully saturated rings. The van der Waals surface area contributed by atoms with Gasteiger partial charge in [0.2, 0.25) is 5.91 Å². The highest BCUT2D eigenvalue weighted by molar-refractivity contribution is 6.01. The van der Waals surface area contributed by atoms with E-state index in [0.29, 0.717) is 12.5 Å². The Labute approximate surface area is 143 Å². The van der Waals surface area contributed by atoms with Crippen molar-refractivity contribution in [1.82, 2.24) is 0 Å². The van der Waals surface area contributed by atoms with Crippen LogP contribution >= 0.6 is 0 Å². The highest BCUT2D eigenvalue weighted by atomic mass is 16.5. The van der Waals surface area contributed by atoms with Gasteiger partial charge in [-0.1, -0.05) is 50.8 Å². The zero-order valence-corrected chi connectivity index (χ0v) is 14.2. The molecule has 0 saturated carbocycles. The van der Waals surface area contributed by atoms with Crippen LogP contribution in [0.25, 0.3) is 6.08 Å². The first kappa shape index (κ1) is 17.5. The van der Waals surface area contributed by atoms with Crippen LogP contribution in [0.15, 0.2) is 67.3 Å². The molecule has 124 valence electrons. The van der Waals surface area contributed by atoms with Gasteiger partial charge < -0.3 is 10.1 Å². The summed E-state index contributed by atoms with van der Waals surface area (Å²) in [7, 11) is 0. The van der Waals surface area contributed by atoms with Crippen molar-refractivity contribution in [3.05, 3.63) is 78.4 Å². The smallest absolute Gasteiger partial charge is 0.248 e. The Morgan fingerprint density at radius 3 is 2.38 bits per heavy atom. The maximum absolute atomic E-state index is 12.0. The lowest BCUT2D eigenvalue weighted by Gasteiger charge is -2.07. The van der Waals surface area contributed by atoms with E-state index in [-0.39, 0.29) is 5.91 Å². The number of amides is 1. The molecule has 0 saturated heterocycles. The Kier molecular flexibility index (Phi) is 6.38. The molecule has 0 heterocycles. The zero-order chi connectivity index (χ0) is 17.4. The minimum atomic E-state index is -0.153. The maximum Gasteiger partial charge on any atom is 0.248 e. The van der Waals surface area contributed by atoms with Gasteiger partial charge in [0.25, 0.3) is 0 Å². The molecule has 0 atom stereocenters. The molecule has 0 aliphatic carbocycles. The lowest BCUT2D eigenvalue weighted by Crippen LogP contribution is -2.07. The first-order chi connectivity index (χ1) is 11.6. The molecule has 2 aromatic carbocycles. The number of anilines is 1. The number of hydrogen-bond acceptors (Lipinski definition) is 2. The molecule has 24 heavy (non-hydrogen) atoms. The van der Waals surface area contributed by atoms with Crippen LogP contribution < -0.4 is 10.1 Å². The van der Waals surface area contributed by atoms with Crippen LogP contribution in [0, 0.1) is 0 Å². The Morgan fingerprint density at radius 2 is 1.79 bits per heavy atom. The topological polar surface area (TPSA) is 38.3 Å². The van der Waals surface area contributed by atoms with Crippen LogP contribution in [0.3, 0.4) is 0 Å². The van der Waals surface area contributed by atoms with Crippen molar-refractivity contribution in [2.75, 3.05) is 11.9 Å². The molecule has 1 N–H and O–H groups in total. The van der Waals surface area contributed by atoms with Gasteiger partial charge in [-0.25, -0.2) is 0 Å². The highest BCUT2D eigenvalue weighted by Crippen LogP contribution is 2.17. The first-order valence-electron chi connectivity index (χ1n) is 8.01. The van der Waals surface area contributed by atoms with Crippen LogP contribution in [-0.2, 0) is 4.79 Å². The van der Waals surface area contributed by atoms with Crippen LogP contribution in [-0.4, -0.2) is 12.5 Å². The van der Waals surface area contributed by atoms with Crippen molar-refractivity contribution in [2.24, 2.45) is 0 Å². The molecule has 2 aromatic rings. The summed E-state index contributed by atoms with van der Waals surface area (Å²) < 4.78 is 5.42. The van der Waals surface area contributed by atoms with Gasteiger partial charge in [-0.15, -0.1) is 0 Å². The Morgan fingerprint density at radius 1 is 1.12 bits per heavy atom. The van der Waals surface area contributed by atoms with E-state index in [1.54, 1.807) is 12.2 Å². The predicted octanol–water partition coefficient (Wildman–Crippen LogP) is 5.03. The van der Waals surface area contributed by atoms with Gasteiger partial charge in [-0.05, 0) is 47.4 Å². The van der Waals surface area contributed by atoms with Gasteiger partial charge in [-0.3, -0.25) is 4.79 Å². The minimum Gasteiger partial charge on any atom is -0.490 e. The van der Waals surface area contributed by atoms with E-state index in [2.05, 4.69) is 25.7 Å². The molecular weight excluding hydrogens is 298 g/mol. The summed E-state index contributed by atoms with van der Waals surface area (Å²) in [6.07, 6.45) is 5.00. The molecule has 3 heteroatoms. The maximum atomic E-state index is 12.0. The van der Waals surface area contributed by atoms with Gasteiger partial charge >= 0.3 is 0 Å². The Hall–Kier alpha value is -2.81. The largest absolute Gasteiger partial charge is 0.490 e. The summed E-state index contributed by atoms with van der Waals surface area (Å²) in [5, 5.41) is 2.86. The molecule has 0 aromatic heterocycles. The molecule has 0 radical (unpaired) electrons. The average molecular weight is 321 g/mol. The van der Waals surface area contributed by atoms with E-state index in [1.165, 1.54) is 11.6 Å². The molecular formula is C21H23NO2. The number of nitrogens with one attached hydrogen (secondary N) is 1. The van der Waals surface area contributed by atoms with Crippen molar-refractivity contribution in [1.29, 1.82) is 0 Å². The lowest BCUT2D eigenvalue weighted by molar-refractivity contribution is -0.111. The van der Waals surface area contributed by atoms with Crippen molar-refractivity contribution >= 4 is 17.7 Å². The second-order valence-electron chi connectivity index (χ2n) is 5.77. The third-order valence-electron chi connectivity index (χ3n) is 3.52. The van der Waals surface area contributed by atoms with Crippen LogP contribution in [0.2, 0.25) is 0 Å². The zero-order valence-electron chi connectivity index (χ0n) is 14.2. The fourth-order valence-electron chi connectivity index (χ4n) is 2.14. The Balaban J connectivity index is 1.91. The first-order valence-corrected chi connectivity index (χ1v) is 8.01. The standard InChI is InChI=1S/C21H23NO2/c1-4-15-24-20-12-5-17(6-13-20)7-14-21(23)22-19-10-8-18(9-11-19)16(2)3/h4-14,16H,1,15H2,2-3H3,(H,22,23)/b14-7+. The number of rotatable bonds is 7. The Bertz CT molecular complexity index is 698. The SMILES string of the molecule is C=CCOc1ccc(/C=C/C(=O)Nc2ccc(C(C)C)cc2)cc1. The second-order valence-corrected chi connectivity index (χ2v) is 5.77. The molecule has 0 aliphatic rings. The van der Waals surface area contributed by atoms with Crippen molar-refractivity contribution < 1.29 is 9.53 Å². The van der Waals surface area contributed by atoms with Crippen molar-refractivity contribution in [3.63, 3.8) is 0 Å². The number of benzene rings is 2. The minimum absolute atomic E-state index is 0.153. The predicted molar refractivity (Wildman–Crippen MR) is 100 cm³/mol. The molecule has 0 spiro atoms. The third-order valence-corrected chi connectivity index (χ3v) is 3.52. The highest BCUT2D eigenvalue weighted by Gasteiger charge is 2.01. The molecule has 1 amide bonds. The van der Waals surface area contributed by atoms with Gasteiger partial charge in [0.05, 0.1) is 0 Å². The summed E-state index contributed by atoms with van der Waals surface area (Å²) in [5.74, 6) is 1.11. The van der Waals surface area contributed by atoms with Gasteiger partial charge in [0.15, 0.2) is 0 Å². The van der Waals surface area contributed by atoms with E-state index in [9.17, 15) is 4.79 Å². The lowest BCUT2D eigenvalue weighted by atomic mass is 10.0. The summed E-state index contributed by atoms with van der Waals surface area (Å²) >= 11 is 0. The van der Waals surface area contributed by atoms with Gasteiger partial charge in [-0.2, -0.15) is 0 Å². The fraction of sp³-hybridized carbons (Fsp3) is 0.190. The molecule has 0 bridgehead atoms. The van der Waals surface area contributed by atoms with Gasteiger partial charge in [0.1, 0.15) is 12.4 Å². The van der Waals surface area contributed by atoms with E-state index < -0.39 is 0 Å². The number of carbonyl (C=O) groups excluding carboxylic acids is 1. The molecule has 0 aliphatic heterocycles. The quantitative estimate of drug-likeness (QED) is 0.574. The number of hydrogen-bond donors (Lipinski definition) is 1. The fourth-order valence-corrected chi connectivity index (χ4v) is 2.14. The molecule has 0 unspecified atom stereocenters. The van der Waals surface area contributed by atoms with Crippen molar-refractivity contribution in [3.8, 4) is 5.75 Å². The van der Waals surface area contributed by atoms with Crippen LogP contribution in [0.4, 0.5) is 5.69 Å². The summed E-state index contributed by atoms with van der Waals surface area (Å²) in [6.45, 7) is 8.37. The summed E-state index contributed by atoms with van der Waals surface area (Å²) in [5.41, 5.74) is 2.98. The summed E-state index contributed by atoms with van der Waals surface area (Å²) in [6, 6.07) is 15.5. The van der Waals surface area contributed by atoms with E-state index >= 15 is 0 Å². The van der Waals surface area contributed by atoms with Crippen LogP contribution in [0.1, 0.15) is 30.9 Å². The van der Waals surface area contributed by atoms with E-state index in [0.717, 1.165) is 17.0 Å².